The summed E-state index contributed by atoms with van der Waals surface area (Å²) in [5.74, 6) is -0.235. The summed E-state index contributed by atoms with van der Waals surface area (Å²) < 4.78 is 27.0. The molecule has 0 radical (unpaired) electrons. The monoisotopic (exact) mass is 374 g/mol. The average Bonchev–Trinajstić information content (AvgIpc) is 3.23. The maximum absolute atomic E-state index is 12.5. The molecule has 0 aromatic heterocycles. The lowest BCUT2D eigenvalue weighted by molar-refractivity contribution is 0.0950. The number of benzene rings is 1. The number of nitrogens with zero attached hydrogens (tertiary/aromatic N) is 1. The van der Waals surface area contributed by atoms with E-state index in [0.29, 0.717) is 23.1 Å². The predicted octanol–water partition coefficient (Wildman–Crippen LogP) is 2.37. The first-order valence-corrected chi connectivity index (χ1v) is 9.24. The Morgan fingerprint density at radius 1 is 1.33 bits per heavy atom. The van der Waals surface area contributed by atoms with Crippen LogP contribution >= 0.6 is 15.9 Å². The minimum atomic E-state index is -3.55. The largest absolute Gasteiger partial charge is 0.349 e. The van der Waals surface area contributed by atoms with Crippen LogP contribution in [-0.4, -0.2) is 37.8 Å². The second-order valence-corrected chi connectivity index (χ2v) is 7.77. The van der Waals surface area contributed by atoms with Crippen molar-refractivity contribution in [3.05, 3.63) is 28.2 Å². The number of carbonyl (C=O) groups excluding carboxylic acids is 1. The molecular weight excluding hydrogens is 356 g/mol. The molecule has 1 saturated carbocycles. The van der Waals surface area contributed by atoms with Gasteiger partial charge in [-0.3, -0.25) is 4.79 Å². The van der Waals surface area contributed by atoms with Crippen molar-refractivity contribution in [2.24, 2.45) is 0 Å². The van der Waals surface area contributed by atoms with Crippen LogP contribution in [0, 0.1) is 0 Å². The van der Waals surface area contributed by atoms with E-state index in [9.17, 15) is 13.2 Å². The number of halogens is 1. The van der Waals surface area contributed by atoms with Gasteiger partial charge >= 0.3 is 0 Å². The van der Waals surface area contributed by atoms with Gasteiger partial charge in [-0.25, -0.2) is 8.42 Å². The summed E-state index contributed by atoms with van der Waals surface area (Å²) >= 11 is 3.31. The molecule has 1 N–H and O–H groups in total. The van der Waals surface area contributed by atoms with Crippen LogP contribution in [0.3, 0.4) is 0 Å². The van der Waals surface area contributed by atoms with Crippen molar-refractivity contribution in [2.75, 3.05) is 13.1 Å². The van der Waals surface area contributed by atoms with Gasteiger partial charge in [-0.05, 0) is 47.0 Å². The molecule has 0 spiro atoms. The summed E-state index contributed by atoms with van der Waals surface area (Å²) in [5, 5.41) is 2.87. The summed E-state index contributed by atoms with van der Waals surface area (Å²) in [4.78, 5) is 12.3. The van der Waals surface area contributed by atoms with E-state index >= 15 is 0 Å². The summed E-state index contributed by atoms with van der Waals surface area (Å²) in [7, 11) is -3.55. The van der Waals surface area contributed by atoms with E-state index < -0.39 is 10.0 Å². The second kappa shape index (κ2) is 6.46. The van der Waals surface area contributed by atoms with Gasteiger partial charge in [0.25, 0.3) is 5.91 Å². The molecular formula is C14H19BrN2O3S. The van der Waals surface area contributed by atoms with E-state index in [4.69, 9.17) is 0 Å². The molecule has 1 aliphatic carbocycles. The van der Waals surface area contributed by atoms with E-state index in [0.717, 1.165) is 12.8 Å². The third kappa shape index (κ3) is 3.64. The Labute approximate surface area is 133 Å². The van der Waals surface area contributed by atoms with Gasteiger partial charge in [-0.15, -0.1) is 0 Å². The molecule has 21 heavy (non-hydrogen) atoms. The summed E-state index contributed by atoms with van der Waals surface area (Å²) in [6, 6.07) is 4.80. The van der Waals surface area contributed by atoms with Crippen molar-refractivity contribution in [3.8, 4) is 0 Å². The van der Waals surface area contributed by atoms with Crippen molar-refractivity contribution in [3.63, 3.8) is 0 Å². The Morgan fingerprint density at radius 2 is 1.95 bits per heavy atom. The predicted molar refractivity (Wildman–Crippen MR) is 84.7 cm³/mol. The minimum absolute atomic E-state index is 0.148. The minimum Gasteiger partial charge on any atom is -0.349 e. The maximum Gasteiger partial charge on any atom is 0.252 e. The zero-order valence-corrected chi connectivity index (χ0v) is 14.5. The standard InChI is InChI=1S/C14H19BrN2O3S/c1-3-17(4-2)21(19,20)11-7-8-13(15)12(9-11)14(18)16-10-5-6-10/h7-10H,3-6H2,1-2H3,(H,16,18). The topological polar surface area (TPSA) is 66.5 Å². The van der Waals surface area contributed by atoms with Crippen LogP contribution in [0.1, 0.15) is 37.0 Å². The molecule has 2 rings (SSSR count). The fourth-order valence-corrected chi connectivity index (χ4v) is 3.95. The van der Waals surface area contributed by atoms with Crippen LogP contribution in [0.2, 0.25) is 0 Å². The molecule has 1 fully saturated rings. The van der Waals surface area contributed by atoms with Gasteiger partial charge in [0.05, 0.1) is 10.5 Å². The van der Waals surface area contributed by atoms with Crippen LogP contribution in [0.15, 0.2) is 27.6 Å². The normalized spacial score (nSPS) is 15.2. The first-order valence-electron chi connectivity index (χ1n) is 7.00. The number of carbonyl (C=O) groups is 1. The third-order valence-electron chi connectivity index (χ3n) is 3.44. The molecule has 0 atom stereocenters. The molecule has 0 aliphatic heterocycles. The molecule has 1 aromatic rings. The van der Waals surface area contributed by atoms with Crippen molar-refractivity contribution in [1.29, 1.82) is 0 Å². The van der Waals surface area contributed by atoms with Gasteiger partial charge in [-0.2, -0.15) is 4.31 Å². The number of amides is 1. The Hall–Kier alpha value is -0.920. The van der Waals surface area contributed by atoms with Crippen LogP contribution < -0.4 is 5.32 Å². The summed E-state index contributed by atoms with van der Waals surface area (Å²) in [6.07, 6.45) is 1.97. The van der Waals surface area contributed by atoms with E-state index in [1.165, 1.54) is 16.4 Å². The van der Waals surface area contributed by atoms with Crippen LogP contribution in [-0.2, 0) is 10.0 Å². The Bertz CT molecular complexity index is 638. The van der Waals surface area contributed by atoms with E-state index in [2.05, 4.69) is 21.2 Å². The molecule has 1 aromatic carbocycles. The first kappa shape index (κ1) is 16.5. The lowest BCUT2D eigenvalue weighted by atomic mass is 10.2. The second-order valence-electron chi connectivity index (χ2n) is 4.98. The Kier molecular flexibility index (Phi) is 5.06. The SMILES string of the molecule is CCN(CC)S(=O)(=O)c1ccc(Br)c(C(=O)NC2CC2)c1. The number of hydrogen-bond acceptors (Lipinski definition) is 3. The molecule has 0 saturated heterocycles. The Balaban J connectivity index is 2.35. The Morgan fingerprint density at radius 3 is 2.48 bits per heavy atom. The highest BCUT2D eigenvalue weighted by atomic mass is 79.9. The van der Waals surface area contributed by atoms with Crippen molar-refractivity contribution in [2.45, 2.75) is 37.6 Å². The van der Waals surface area contributed by atoms with Crippen molar-refractivity contribution >= 4 is 31.9 Å². The molecule has 116 valence electrons. The average molecular weight is 375 g/mol. The molecule has 0 bridgehead atoms. The van der Waals surface area contributed by atoms with Gasteiger partial charge in [0.2, 0.25) is 10.0 Å². The molecule has 0 unspecified atom stereocenters. The van der Waals surface area contributed by atoms with E-state index in [-0.39, 0.29) is 16.8 Å². The van der Waals surface area contributed by atoms with E-state index in [1.807, 2.05) is 0 Å². The molecule has 0 heterocycles. The molecule has 1 aliphatic rings. The fourth-order valence-electron chi connectivity index (χ4n) is 2.04. The fraction of sp³-hybridized carbons (Fsp3) is 0.500. The van der Waals surface area contributed by atoms with Gasteiger partial charge in [0.15, 0.2) is 0 Å². The summed E-state index contributed by atoms with van der Waals surface area (Å²) in [6.45, 7) is 4.39. The number of sulfonamides is 1. The van der Waals surface area contributed by atoms with Gasteiger partial charge in [0.1, 0.15) is 0 Å². The highest BCUT2D eigenvalue weighted by Gasteiger charge is 2.27. The zero-order valence-electron chi connectivity index (χ0n) is 12.1. The molecule has 7 heteroatoms. The third-order valence-corrected chi connectivity index (χ3v) is 6.18. The molecule has 5 nitrogen and oxygen atoms in total. The number of nitrogens with one attached hydrogen (secondary N) is 1. The lowest BCUT2D eigenvalue weighted by Gasteiger charge is -2.19. The van der Waals surface area contributed by atoms with Crippen molar-refractivity contribution < 1.29 is 13.2 Å². The quantitative estimate of drug-likeness (QED) is 0.830. The number of rotatable bonds is 6. The maximum atomic E-state index is 12.5. The lowest BCUT2D eigenvalue weighted by Crippen LogP contribution is -2.31. The molecule has 1 amide bonds. The highest BCUT2D eigenvalue weighted by molar-refractivity contribution is 9.10. The van der Waals surface area contributed by atoms with Crippen LogP contribution in [0.25, 0.3) is 0 Å². The number of hydrogen-bond donors (Lipinski definition) is 1. The highest BCUT2D eigenvalue weighted by Crippen LogP contribution is 2.25. The zero-order chi connectivity index (χ0) is 15.6. The van der Waals surface area contributed by atoms with Crippen molar-refractivity contribution in [1.82, 2.24) is 9.62 Å². The van der Waals surface area contributed by atoms with Gasteiger partial charge in [0, 0.05) is 23.6 Å². The first-order chi connectivity index (χ1) is 9.90. The van der Waals surface area contributed by atoms with Crippen LogP contribution in [0.5, 0.6) is 0 Å². The van der Waals surface area contributed by atoms with Crippen LogP contribution in [0.4, 0.5) is 0 Å². The smallest absolute Gasteiger partial charge is 0.252 e. The van der Waals surface area contributed by atoms with E-state index in [1.54, 1.807) is 19.9 Å². The van der Waals surface area contributed by atoms with Gasteiger partial charge < -0.3 is 5.32 Å². The van der Waals surface area contributed by atoms with Gasteiger partial charge in [-0.1, -0.05) is 13.8 Å². The summed E-state index contributed by atoms with van der Waals surface area (Å²) in [5.41, 5.74) is 0.357.